The van der Waals surface area contributed by atoms with Crippen molar-refractivity contribution in [2.24, 2.45) is 0 Å². The molecule has 154 valence electrons. The van der Waals surface area contributed by atoms with E-state index < -0.39 is 0 Å². The van der Waals surface area contributed by atoms with Crippen LogP contribution < -0.4 is 4.90 Å². The fraction of sp³-hybridized carbons (Fsp3) is 0.455. The van der Waals surface area contributed by atoms with Crippen molar-refractivity contribution < 1.29 is 9.59 Å². The van der Waals surface area contributed by atoms with Gasteiger partial charge in [0, 0.05) is 28.3 Å². The Kier molecular flexibility index (Phi) is 6.64. The molecule has 1 amide bonds. The van der Waals surface area contributed by atoms with Crippen LogP contribution in [-0.2, 0) is 17.0 Å². The van der Waals surface area contributed by atoms with Gasteiger partial charge in [-0.05, 0) is 67.9 Å². The highest BCUT2D eigenvalue weighted by Crippen LogP contribution is 2.42. The van der Waals surface area contributed by atoms with Crippen molar-refractivity contribution >= 4 is 51.4 Å². The number of hydrogen-bond acceptors (Lipinski definition) is 5. The zero-order valence-corrected chi connectivity index (χ0v) is 19.0. The quantitative estimate of drug-likeness (QED) is 0.612. The first-order valence-corrected chi connectivity index (χ1v) is 12.4. The molecule has 0 radical (unpaired) electrons. The molecule has 0 bridgehead atoms. The first kappa shape index (κ1) is 20.9. The Morgan fingerprint density at radius 2 is 1.86 bits per heavy atom. The number of carbonyl (C=O) groups is 2. The summed E-state index contributed by atoms with van der Waals surface area (Å²) in [5.41, 5.74) is 2.45. The molecule has 2 aliphatic heterocycles. The molecule has 1 saturated heterocycles. The third-order valence-corrected chi connectivity index (χ3v) is 8.35. The van der Waals surface area contributed by atoms with Gasteiger partial charge in [0.1, 0.15) is 5.00 Å². The van der Waals surface area contributed by atoms with Crippen molar-refractivity contribution in [2.45, 2.75) is 31.4 Å². The Balaban J connectivity index is 1.65. The van der Waals surface area contributed by atoms with E-state index in [9.17, 15) is 9.59 Å². The molecule has 0 N–H and O–H groups in total. The van der Waals surface area contributed by atoms with E-state index in [2.05, 4.69) is 4.90 Å². The highest BCUT2D eigenvalue weighted by Gasteiger charge is 2.30. The van der Waals surface area contributed by atoms with Crippen molar-refractivity contribution in [2.75, 3.05) is 37.3 Å². The van der Waals surface area contributed by atoms with Gasteiger partial charge in [0.05, 0.1) is 12.1 Å². The summed E-state index contributed by atoms with van der Waals surface area (Å²) in [6.45, 7) is 2.38. The lowest BCUT2D eigenvalue weighted by molar-refractivity contribution is -0.119. The standard InChI is InChI=1S/C22H25ClN2O2S2/c1-24(19(26)13-25-10-3-2-4-11-25)22-20(17-9-12-28-14-18(17)29-22)21(27)15-5-7-16(23)8-6-15/h5-8H,2-4,9-14H2,1H3. The van der Waals surface area contributed by atoms with E-state index in [-0.39, 0.29) is 11.7 Å². The number of carbonyl (C=O) groups excluding carboxylic acids is 2. The summed E-state index contributed by atoms with van der Waals surface area (Å²) in [6, 6.07) is 7.03. The molecular weight excluding hydrogens is 424 g/mol. The molecule has 1 aromatic heterocycles. The molecule has 3 heterocycles. The molecule has 4 nitrogen and oxygen atoms in total. The molecule has 4 rings (SSSR count). The number of likely N-dealkylation sites (tertiary alicyclic amines) is 1. The van der Waals surface area contributed by atoms with Gasteiger partial charge in [0.15, 0.2) is 5.78 Å². The maximum absolute atomic E-state index is 13.4. The summed E-state index contributed by atoms with van der Waals surface area (Å²) in [5.74, 6) is 1.96. The van der Waals surface area contributed by atoms with E-state index in [1.165, 1.54) is 11.3 Å². The Morgan fingerprint density at radius 3 is 2.59 bits per heavy atom. The van der Waals surface area contributed by atoms with Gasteiger partial charge in [-0.25, -0.2) is 0 Å². The minimum atomic E-state index is -0.0151. The lowest BCUT2D eigenvalue weighted by Gasteiger charge is -2.28. The van der Waals surface area contributed by atoms with Crippen LogP contribution in [0.25, 0.3) is 0 Å². The average molecular weight is 449 g/mol. The second-order valence-electron chi connectivity index (χ2n) is 7.61. The summed E-state index contributed by atoms with van der Waals surface area (Å²) < 4.78 is 0. The molecule has 1 fully saturated rings. The fourth-order valence-corrected chi connectivity index (χ4v) is 6.54. The van der Waals surface area contributed by atoms with Crippen LogP contribution in [0.2, 0.25) is 5.02 Å². The van der Waals surface area contributed by atoms with Crippen LogP contribution in [0.5, 0.6) is 0 Å². The number of amides is 1. The Hall–Kier alpha value is -1.34. The van der Waals surface area contributed by atoms with Gasteiger partial charge in [-0.1, -0.05) is 18.0 Å². The molecule has 29 heavy (non-hydrogen) atoms. The van der Waals surface area contributed by atoms with Gasteiger partial charge in [-0.15, -0.1) is 11.3 Å². The van der Waals surface area contributed by atoms with Crippen molar-refractivity contribution in [3.63, 3.8) is 0 Å². The summed E-state index contributed by atoms with van der Waals surface area (Å²) in [5, 5.41) is 1.40. The zero-order valence-electron chi connectivity index (χ0n) is 16.6. The van der Waals surface area contributed by atoms with Gasteiger partial charge in [-0.2, -0.15) is 11.8 Å². The number of anilines is 1. The van der Waals surface area contributed by atoms with E-state index >= 15 is 0 Å². The number of likely N-dealkylation sites (N-methyl/N-ethyl adjacent to an activating group) is 1. The van der Waals surface area contributed by atoms with Crippen LogP contribution in [0.4, 0.5) is 5.00 Å². The van der Waals surface area contributed by atoms with E-state index in [0.717, 1.165) is 54.4 Å². The van der Waals surface area contributed by atoms with Gasteiger partial charge in [0.2, 0.25) is 5.91 Å². The molecule has 0 aliphatic carbocycles. The van der Waals surface area contributed by atoms with E-state index in [1.807, 2.05) is 18.8 Å². The molecular formula is C22H25ClN2O2S2. The monoisotopic (exact) mass is 448 g/mol. The number of hydrogen-bond donors (Lipinski definition) is 0. The third-order valence-electron chi connectivity index (χ3n) is 5.62. The normalized spacial score (nSPS) is 17.0. The molecule has 0 unspecified atom stereocenters. The molecule has 0 saturated carbocycles. The van der Waals surface area contributed by atoms with E-state index in [1.54, 1.807) is 40.5 Å². The summed E-state index contributed by atoms with van der Waals surface area (Å²) in [7, 11) is 1.81. The third kappa shape index (κ3) is 4.55. The average Bonchev–Trinajstić information content (AvgIpc) is 3.13. The molecule has 7 heteroatoms. The predicted molar refractivity (Wildman–Crippen MR) is 123 cm³/mol. The summed E-state index contributed by atoms with van der Waals surface area (Å²) in [4.78, 5) is 31.6. The lowest BCUT2D eigenvalue weighted by Crippen LogP contribution is -2.40. The lowest BCUT2D eigenvalue weighted by atomic mass is 9.98. The number of fused-ring (bicyclic) bond motifs is 1. The molecule has 0 spiro atoms. The van der Waals surface area contributed by atoms with Crippen molar-refractivity contribution in [1.29, 1.82) is 0 Å². The van der Waals surface area contributed by atoms with Crippen LogP contribution in [-0.4, -0.2) is 49.0 Å². The second-order valence-corrected chi connectivity index (χ2v) is 10.2. The largest absolute Gasteiger partial charge is 0.305 e. The smallest absolute Gasteiger partial charge is 0.241 e. The van der Waals surface area contributed by atoms with Crippen molar-refractivity contribution in [3.05, 3.63) is 50.9 Å². The maximum atomic E-state index is 13.4. The highest BCUT2D eigenvalue weighted by molar-refractivity contribution is 7.98. The first-order valence-electron chi connectivity index (χ1n) is 10.1. The van der Waals surface area contributed by atoms with Crippen LogP contribution in [0.15, 0.2) is 24.3 Å². The number of halogens is 1. The van der Waals surface area contributed by atoms with Crippen molar-refractivity contribution in [3.8, 4) is 0 Å². The molecule has 1 aromatic carbocycles. The Labute approximate surface area is 185 Å². The first-order chi connectivity index (χ1) is 14.0. The predicted octanol–water partition coefficient (Wildman–Crippen LogP) is 4.87. The van der Waals surface area contributed by atoms with Crippen LogP contribution in [0, 0.1) is 0 Å². The number of nitrogens with zero attached hydrogens (tertiary/aromatic N) is 2. The summed E-state index contributed by atoms with van der Waals surface area (Å²) >= 11 is 9.50. The van der Waals surface area contributed by atoms with Gasteiger partial charge >= 0.3 is 0 Å². The molecule has 2 aromatic rings. The minimum Gasteiger partial charge on any atom is -0.305 e. The SMILES string of the molecule is CN(C(=O)CN1CCCCC1)c1sc2c(c1C(=O)c1ccc(Cl)cc1)CCSC2. The number of thioether (sulfide) groups is 1. The maximum Gasteiger partial charge on any atom is 0.241 e. The fourth-order valence-electron chi connectivity index (χ4n) is 3.96. The van der Waals surface area contributed by atoms with Gasteiger partial charge in [0.25, 0.3) is 0 Å². The van der Waals surface area contributed by atoms with Crippen LogP contribution in [0.3, 0.4) is 0 Å². The van der Waals surface area contributed by atoms with E-state index in [0.29, 0.717) is 22.7 Å². The van der Waals surface area contributed by atoms with Gasteiger partial charge < -0.3 is 4.90 Å². The summed E-state index contributed by atoms with van der Waals surface area (Å²) in [6.07, 6.45) is 4.43. The second kappa shape index (κ2) is 9.21. The number of thiophene rings is 1. The minimum absolute atomic E-state index is 0.0151. The topological polar surface area (TPSA) is 40.6 Å². The molecule has 0 atom stereocenters. The number of rotatable bonds is 5. The number of piperidine rings is 1. The van der Waals surface area contributed by atoms with Crippen LogP contribution in [0.1, 0.15) is 45.6 Å². The molecule has 2 aliphatic rings. The number of benzene rings is 1. The number of ketones is 1. The highest BCUT2D eigenvalue weighted by atomic mass is 35.5. The van der Waals surface area contributed by atoms with Crippen LogP contribution >= 0.6 is 34.7 Å². The zero-order chi connectivity index (χ0) is 20.4. The van der Waals surface area contributed by atoms with Gasteiger partial charge in [-0.3, -0.25) is 14.5 Å². The Bertz CT molecular complexity index is 904. The van der Waals surface area contributed by atoms with Crippen molar-refractivity contribution in [1.82, 2.24) is 4.90 Å². The van der Waals surface area contributed by atoms with E-state index in [4.69, 9.17) is 11.6 Å². The Morgan fingerprint density at radius 1 is 1.14 bits per heavy atom.